The number of fused-ring (bicyclic) bond motifs is 2. The fourth-order valence-electron chi connectivity index (χ4n) is 3.84. The van der Waals surface area contributed by atoms with Crippen LogP contribution in [0.5, 0.6) is 5.75 Å². The van der Waals surface area contributed by atoms with E-state index >= 15 is 0 Å². The number of H-pyrrole nitrogens is 1. The Labute approximate surface area is 161 Å². The average molecular weight is 376 g/mol. The second-order valence-electron chi connectivity index (χ2n) is 6.91. The highest BCUT2D eigenvalue weighted by Crippen LogP contribution is 2.31. The van der Waals surface area contributed by atoms with Crippen LogP contribution in [-0.4, -0.2) is 46.1 Å². The Balaban J connectivity index is 1.40. The molecule has 0 spiro atoms. The van der Waals surface area contributed by atoms with E-state index in [9.17, 15) is 4.79 Å². The van der Waals surface area contributed by atoms with Gasteiger partial charge >= 0.3 is 0 Å². The highest BCUT2D eigenvalue weighted by atomic mass is 16.5. The molecule has 28 heavy (non-hydrogen) atoms. The van der Waals surface area contributed by atoms with E-state index in [1.165, 1.54) is 0 Å². The molecule has 0 atom stereocenters. The van der Waals surface area contributed by atoms with Gasteiger partial charge in [0.1, 0.15) is 24.5 Å². The maximum absolute atomic E-state index is 12.0. The maximum Gasteiger partial charge on any atom is 0.290 e. The quantitative estimate of drug-likeness (QED) is 0.723. The first-order valence-corrected chi connectivity index (χ1v) is 9.36. The van der Waals surface area contributed by atoms with E-state index in [0.717, 1.165) is 47.9 Å². The van der Waals surface area contributed by atoms with Crippen LogP contribution in [0, 0.1) is 0 Å². The Hall–Kier alpha value is -3.42. The Morgan fingerprint density at radius 3 is 2.57 bits per heavy atom. The lowest BCUT2D eigenvalue weighted by Gasteiger charge is -2.36. The summed E-state index contributed by atoms with van der Waals surface area (Å²) in [5.74, 6) is 2.34. The van der Waals surface area contributed by atoms with E-state index in [0.29, 0.717) is 25.5 Å². The minimum absolute atomic E-state index is 0.152. The number of piperazine rings is 1. The van der Waals surface area contributed by atoms with Crippen molar-refractivity contribution in [1.29, 1.82) is 0 Å². The molecule has 1 saturated heterocycles. The normalized spacial score (nSPS) is 16.0. The van der Waals surface area contributed by atoms with Gasteiger partial charge in [-0.1, -0.05) is 18.2 Å². The highest BCUT2D eigenvalue weighted by molar-refractivity contribution is 5.54. The van der Waals surface area contributed by atoms with Crippen molar-refractivity contribution < 1.29 is 4.74 Å². The molecule has 3 aromatic rings. The monoisotopic (exact) mass is 376 g/mol. The summed E-state index contributed by atoms with van der Waals surface area (Å²) in [6.07, 6.45) is 5.54. The van der Waals surface area contributed by atoms with Crippen molar-refractivity contribution in [3.05, 3.63) is 70.2 Å². The van der Waals surface area contributed by atoms with Gasteiger partial charge in [0.2, 0.25) is 0 Å². The number of hydrogen-bond donors (Lipinski definition) is 1. The third-order valence-electron chi connectivity index (χ3n) is 5.28. The van der Waals surface area contributed by atoms with Crippen LogP contribution in [0.4, 0.5) is 11.6 Å². The summed E-state index contributed by atoms with van der Waals surface area (Å²) in [6, 6.07) is 8.10. The zero-order valence-corrected chi connectivity index (χ0v) is 15.3. The van der Waals surface area contributed by atoms with E-state index in [4.69, 9.17) is 4.74 Å². The standard InChI is InChI=1S/C20H20N6O2/c27-20-19(21-5-6-22-20)26-9-7-25(8-10-26)18-15-11-14-3-1-2-4-17(14)28-12-16(15)23-13-24-18/h1-6,13H,7-12H2,(H,22,27). The largest absolute Gasteiger partial charge is 0.487 e. The molecule has 1 N–H and O–H groups in total. The van der Waals surface area contributed by atoms with Crippen LogP contribution < -0.4 is 20.1 Å². The van der Waals surface area contributed by atoms with E-state index in [-0.39, 0.29) is 5.56 Å². The summed E-state index contributed by atoms with van der Waals surface area (Å²) in [5, 5.41) is 0. The van der Waals surface area contributed by atoms with Gasteiger partial charge in [0.25, 0.3) is 5.56 Å². The number of aromatic amines is 1. The third kappa shape index (κ3) is 2.96. The lowest BCUT2D eigenvalue weighted by atomic mass is 10.0. The van der Waals surface area contributed by atoms with Crippen molar-refractivity contribution in [3.8, 4) is 5.75 Å². The van der Waals surface area contributed by atoms with Crippen molar-refractivity contribution in [2.45, 2.75) is 13.0 Å². The molecular formula is C20H20N6O2. The topological polar surface area (TPSA) is 87.2 Å². The predicted octanol–water partition coefficient (Wildman–Crippen LogP) is 1.37. The van der Waals surface area contributed by atoms with Crippen molar-refractivity contribution in [1.82, 2.24) is 19.9 Å². The second kappa shape index (κ2) is 6.95. The molecule has 2 aliphatic heterocycles. The first-order valence-electron chi connectivity index (χ1n) is 9.36. The Morgan fingerprint density at radius 2 is 1.75 bits per heavy atom. The Kier molecular flexibility index (Phi) is 4.16. The van der Waals surface area contributed by atoms with Gasteiger partial charge in [0.05, 0.1) is 5.69 Å². The molecule has 0 bridgehead atoms. The van der Waals surface area contributed by atoms with Crippen LogP contribution in [0.15, 0.2) is 47.8 Å². The number of aromatic nitrogens is 4. The van der Waals surface area contributed by atoms with Crippen molar-refractivity contribution >= 4 is 11.6 Å². The van der Waals surface area contributed by atoms with Gasteiger partial charge < -0.3 is 19.5 Å². The fraction of sp³-hybridized carbons (Fsp3) is 0.300. The number of benzene rings is 1. The summed E-state index contributed by atoms with van der Waals surface area (Å²) in [6.45, 7) is 3.41. The number of hydrogen-bond acceptors (Lipinski definition) is 7. The molecular weight excluding hydrogens is 356 g/mol. The Morgan fingerprint density at radius 1 is 0.964 bits per heavy atom. The third-order valence-corrected chi connectivity index (χ3v) is 5.28. The summed E-state index contributed by atoms with van der Waals surface area (Å²) in [7, 11) is 0. The van der Waals surface area contributed by atoms with Gasteiger partial charge in [0.15, 0.2) is 5.82 Å². The lowest BCUT2D eigenvalue weighted by Crippen LogP contribution is -2.49. The number of nitrogens with one attached hydrogen (secondary N) is 1. The number of ether oxygens (including phenoxy) is 1. The zero-order chi connectivity index (χ0) is 18.9. The number of nitrogens with zero attached hydrogens (tertiary/aromatic N) is 5. The van der Waals surface area contributed by atoms with Crippen LogP contribution in [-0.2, 0) is 13.0 Å². The molecule has 1 fully saturated rings. The minimum atomic E-state index is -0.152. The molecule has 5 rings (SSSR count). The Bertz CT molecular complexity index is 1060. The average Bonchev–Trinajstić information content (AvgIpc) is 2.94. The highest BCUT2D eigenvalue weighted by Gasteiger charge is 2.26. The summed E-state index contributed by atoms with van der Waals surface area (Å²) in [5.41, 5.74) is 3.05. The molecule has 0 radical (unpaired) electrons. The first kappa shape index (κ1) is 16.7. The van der Waals surface area contributed by atoms with Gasteiger partial charge in [0, 0.05) is 50.6 Å². The van der Waals surface area contributed by atoms with Crippen LogP contribution >= 0.6 is 0 Å². The molecule has 142 valence electrons. The van der Waals surface area contributed by atoms with Crippen molar-refractivity contribution in [2.24, 2.45) is 0 Å². The lowest BCUT2D eigenvalue weighted by molar-refractivity contribution is 0.302. The molecule has 0 aliphatic carbocycles. The van der Waals surface area contributed by atoms with Gasteiger partial charge in [-0.25, -0.2) is 15.0 Å². The number of rotatable bonds is 2. The van der Waals surface area contributed by atoms with Gasteiger partial charge in [-0.2, -0.15) is 0 Å². The fourth-order valence-corrected chi connectivity index (χ4v) is 3.84. The molecule has 0 saturated carbocycles. The van der Waals surface area contributed by atoms with E-state index < -0.39 is 0 Å². The first-order chi connectivity index (χ1) is 13.8. The van der Waals surface area contributed by atoms with Crippen LogP contribution in [0.1, 0.15) is 16.8 Å². The summed E-state index contributed by atoms with van der Waals surface area (Å²) >= 11 is 0. The molecule has 1 aromatic carbocycles. The molecule has 0 unspecified atom stereocenters. The zero-order valence-electron chi connectivity index (χ0n) is 15.3. The molecule has 4 heterocycles. The number of anilines is 2. The van der Waals surface area contributed by atoms with Gasteiger partial charge in [-0.05, 0) is 11.6 Å². The van der Waals surface area contributed by atoms with Crippen molar-refractivity contribution in [2.75, 3.05) is 36.0 Å². The second-order valence-corrected chi connectivity index (χ2v) is 6.91. The molecule has 2 aromatic heterocycles. The van der Waals surface area contributed by atoms with Gasteiger partial charge in [-0.3, -0.25) is 4.79 Å². The number of para-hydroxylation sites is 1. The SMILES string of the molecule is O=c1[nH]ccnc1N1CCN(c2ncnc3c2Cc2ccccc2OC3)CC1. The molecule has 8 nitrogen and oxygen atoms in total. The van der Waals surface area contributed by atoms with Crippen molar-refractivity contribution in [3.63, 3.8) is 0 Å². The summed E-state index contributed by atoms with van der Waals surface area (Å²) in [4.78, 5) is 32.3. The minimum Gasteiger partial charge on any atom is -0.487 e. The van der Waals surface area contributed by atoms with Crippen LogP contribution in [0.25, 0.3) is 0 Å². The van der Waals surface area contributed by atoms with E-state index in [2.05, 4.69) is 30.9 Å². The van der Waals surface area contributed by atoms with Crippen LogP contribution in [0.3, 0.4) is 0 Å². The molecule has 8 heteroatoms. The smallest absolute Gasteiger partial charge is 0.290 e. The predicted molar refractivity (Wildman–Crippen MR) is 105 cm³/mol. The molecule has 2 aliphatic rings. The summed E-state index contributed by atoms with van der Waals surface area (Å²) < 4.78 is 5.94. The molecule has 0 amide bonds. The van der Waals surface area contributed by atoms with E-state index in [1.54, 1.807) is 18.7 Å². The maximum atomic E-state index is 12.0. The van der Waals surface area contributed by atoms with E-state index in [1.807, 2.05) is 23.1 Å². The van der Waals surface area contributed by atoms with Gasteiger partial charge in [-0.15, -0.1) is 0 Å². The van der Waals surface area contributed by atoms with Crippen LogP contribution in [0.2, 0.25) is 0 Å².